The highest BCUT2D eigenvalue weighted by Crippen LogP contribution is 2.50. The van der Waals surface area contributed by atoms with E-state index in [0.717, 1.165) is 50.4 Å². The zero-order valence-electron chi connectivity index (χ0n) is 19.7. The smallest absolute Gasteiger partial charge is 0.200 e. The zero-order valence-corrected chi connectivity index (χ0v) is 20.5. The van der Waals surface area contributed by atoms with E-state index in [1.54, 1.807) is 11.8 Å². The molecule has 6 rings (SSSR count). The van der Waals surface area contributed by atoms with Crippen molar-refractivity contribution in [1.82, 2.24) is 9.91 Å². The SMILES string of the molecule is CCCN1CCC2(CC1)Oc1ccccc1C1CC(c3ccc(Sc4ccccc4)cc3)=NN12. The molecule has 0 aromatic heterocycles. The summed E-state index contributed by atoms with van der Waals surface area (Å²) in [6.45, 7) is 5.55. The fourth-order valence-electron chi connectivity index (χ4n) is 5.52. The Bertz CT molecular complexity index is 1170. The summed E-state index contributed by atoms with van der Waals surface area (Å²) in [6.07, 6.45) is 4.10. The van der Waals surface area contributed by atoms with Gasteiger partial charge in [0.2, 0.25) is 5.72 Å². The van der Waals surface area contributed by atoms with Crippen LogP contribution >= 0.6 is 11.8 Å². The minimum Gasteiger partial charge on any atom is -0.466 e. The fraction of sp³-hybridized carbons (Fsp3) is 0.345. The second kappa shape index (κ2) is 9.12. The molecule has 174 valence electrons. The summed E-state index contributed by atoms with van der Waals surface area (Å²) >= 11 is 1.80. The summed E-state index contributed by atoms with van der Waals surface area (Å²) in [4.78, 5) is 5.07. The molecule has 3 aromatic carbocycles. The first-order valence-electron chi connectivity index (χ1n) is 12.4. The van der Waals surface area contributed by atoms with Crippen LogP contribution in [0.3, 0.4) is 0 Å². The van der Waals surface area contributed by atoms with Crippen molar-refractivity contribution in [2.24, 2.45) is 5.10 Å². The lowest BCUT2D eigenvalue weighted by Gasteiger charge is -2.51. The van der Waals surface area contributed by atoms with Crippen LogP contribution in [0.5, 0.6) is 5.75 Å². The van der Waals surface area contributed by atoms with Gasteiger partial charge in [-0.3, -0.25) is 0 Å². The molecule has 1 unspecified atom stereocenters. The van der Waals surface area contributed by atoms with Gasteiger partial charge < -0.3 is 9.64 Å². The van der Waals surface area contributed by atoms with Crippen molar-refractivity contribution in [3.05, 3.63) is 90.0 Å². The lowest BCUT2D eigenvalue weighted by atomic mass is 9.90. The third kappa shape index (κ3) is 4.01. The lowest BCUT2D eigenvalue weighted by Crippen LogP contribution is -2.59. The number of hydrogen-bond acceptors (Lipinski definition) is 5. The minimum atomic E-state index is -0.339. The van der Waals surface area contributed by atoms with E-state index in [4.69, 9.17) is 9.84 Å². The standard InChI is InChI=1S/C29H31N3OS/c1-2-18-31-19-16-29(17-20-31)32-27(25-10-6-7-11-28(25)33-29)21-26(30-32)22-12-14-24(15-13-22)34-23-8-4-3-5-9-23/h3-15,27H,2,16-21H2,1H3. The Labute approximate surface area is 206 Å². The van der Waals surface area contributed by atoms with Crippen molar-refractivity contribution in [3.63, 3.8) is 0 Å². The highest BCUT2D eigenvalue weighted by atomic mass is 32.2. The first-order valence-corrected chi connectivity index (χ1v) is 13.3. The molecule has 0 radical (unpaired) electrons. The Morgan fingerprint density at radius 2 is 1.62 bits per heavy atom. The van der Waals surface area contributed by atoms with Crippen LogP contribution in [0, 0.1) is 0 Å². The summed E-state index contributed by atoms with van der Waals surface area (Å²) in [5, 5.41) is 7.56. The molecule has 4 nitrogen and oxygen atoms in total. The topological polar surface area (TPSA) is 28.1 Å². The maximum Gasteiger partial charge on any atom is 0.200 e. The monoisotopic (exact) mass is 469 g/mol. The van der Waals surface area contributed by atoms with E-state index < -0.39 is 0 Å². The molecule has 1 atom stereocenters. The third-order valence-corrected chi connectivity index (χ3v) is 8.27. The van der Waals surface area contributed by atoms with Crippen molar-refractivity contribution in [2.75, 3.05) is 19.6 Å². The van der Waals surface area contributed by atoms with E-state index in [0.29, 0.717) is 0 Å². The van der Waals surface area contributed by atoms with Gasteiger partial charge in [-0.15, -0.1) is 0 Å². The molecule has 3 aromatic rings. The van der Waals surface area contributed by atoms with Gasteiger partial charge in [0.25, 0.3) is 0 Å². The predicted molar refractivity (Wildman–Crippen MR) is 139 cm³/mol. The maximum absolute atomic E-state index is 6.76. The number of piperidine rings is 1. The Morgan fingerprint density at radius 3 is 2.38 bits per heavy atom. The number of hydrogen-bond donors (Lipinski definition) is 0. The molecule has 0 saturated carbocycles. The van der Waals surface area contributed by atoms with Gasteiger partial charge in [0.05, 0.1) is 11.8 Å². The largest absolute Gasteiger partial charge is 0.466 e. The number of ether oxygens (including phenoxy) is 1. The number of fused-ring (bicyclic) bond motifs is 4. The highest BCUT2D eigenvalue weighted by Gasteiger charge is 2.51. The van der Waals surface area contributed by atoms with Gasteiger partial charge in [0.1, 0.15) is 5.75 Å². The average Bonchev–Trinajstić information content (AvgIpc) is 3.34. The molecule has 3 heterocycles. The van der Waals surface area contributed by atoms with Crippen LogP contribution in [0.25, 0.3) is 0 Å². The second-order valence-corrected chi connectivity index (χ2v) is 10.6. The normalized spacial score (nSPS) is 21.0. The van der Waals surface area contributed by atoms with Crippen molar-refractivity contribution >= 4 is 17.5 Å². The van der Waals surface area contributed by atoms with Crippen molar-refractivity contribution < 1.29 is 4.74 Å². The number of para-hydroxylation sites is 1. The van der Waals surface area contributed by atoms with Crippen molar-refractivity contribution in [1.29, 1.82) is 0 Å². The fourth-order valence-corrected chi connectivity index (χ4v) is 6.35. The summed E-state index contributed by atoms with van der Waals surface area (Å²) in [5.41, 5.74) is 3.30. The summed E-state index contributed by atoms with van der Waals surface area (Å²) in [5.74, 6) is 1.04. The Kier molecular flexibility index (Phi) is 5.84. The molecule has 0 bridgehead atoms. The molecule has 3 aliphatic heterocycles. The minimum absolute atomic E-state index is 0.246. The van der Waals surface area contributed by atoms with E-state index in [2.05, 4.69) is 95.7 Å². The molecular formula is C29H31N3OS. The number of benzene rings is 3. The Morgan fingerprint density at radius 1 is 0.912 bits per heavy atom. The third-order valence-electron chi connectivity index (χ3n) is 7.25. The molecular weight excluding hydrogens is 438 g/mol. The quantitative estimate of drug-likeness (QED) is 0.422. The zero-order chi connectivity index (χ0) is 23.0. The van der Waals surface area contributed by atoms with Crippen LogP contribution in [-0.4, -0.2) is 41.0 Å². The molecule has 1 saturated heterocycles. The van der Waals surface area contributed by atoms with E-state index in [9.17, 15) is 0 Å². The van der Waals surface area contributed by atoms with Crippen LogP contribution in [0.15, 0.2) is 93.8 Å². The van der Waals surface area contributed by atoms with E-state index in [1.165, 1.54) is 27.3 Å². The van der Waals surface area contributed by atoms with Crippen LogP contribution in [0.2, 0.25) is 0 Å². The van der Waals surface area contributed by atoms with Crippen LogP contribution in [0.4, 0.5) is 0 Å². The summed E-state index contributed by atoms with van der Waals surface area (Å²) < 4.78 is 6.76. The van der Waals surface area contributed by atoms with Gasteiger partial charge in [-0.05, 0) is 48.9 Å². The van der Waals surface area contributed by atoms with Crippen LogP contribution in [0.1, 0.15) is 49.8 Å². The Hall–Kier alpha value is -2.76. The van der Waals surface area contributed by atoms with Gasteiger partial charge in [-0.25, -0.2) is 5.01 Å². The highest BCUT2D eigenvalue weighted by molar-refractivity contribution is 7.99. The first-order chi connectivity index (χ1) is 16.7. The lowest BCUT2D eigenvalue weighted by molar-refractivity contribution is -0.149. The number of likely N-dealkylation sites (tertiary alicyclic amines) is 1. The number of nitrogens with zero attached hydrogens (tertiary/aromatic N) is 3. The van der Waals surface area contributed by atoms with E-state index >= 15 is 0 Å². The Balaban J connectivity index is 1.27. The van der Waals surface area contributed by atoms with E-state index in [1.807, 2.05) is 0 Å². The summed E-state index contributed by atoms with van der Waals surface area (Å²) in [6, 6.07) is 28.2. The predicted octanol–water partition coefficient (Wildman–Crippen LogP) is 6.58. The number of hydrazone groups is 1. The number of rotatable bonds is 5. The molecule has 0 N–H and O–H groups in total. The van der Waals surface area contributed by atoms with Crippen molar-refractivity contribution in [2.45, 2.75) is 54.2 Å². The van der Waals surface area contributed by atoms with E-state index in [-0.39, 0.29) is 11.8 Å². The second-order valence-electron chi connectivity index (χ2n) is 9.48. The average molecular weight is 470 g/mol. The first kappa shape index (κ1) is 21.8. The van der Waals surface area contributed by atoms with Crippen LogP contribution < -0.4 is 4.74 Å². The molecule has 3 aliphatic rings. The molecule has 5 heteroatoms. The maximum atomic E-state index is 6.76. The molecule has 1 spiro atoms. The van der Waals surface area contributed by atoms with Gasteiger partial charge in [0, 0.05) is 47.7 Å². The van der Waals surface area contributed by atoms with Crippen molar-refractivity contribution in [3.8, 4) is 5.75 Å². The molecule has 34 heavy (non-hydrogen) atoms. The van der Waals surface area contributed by atoms with Gasteiger partial charge >= 0.3 is 0 Å². The van der Waals surface area contributed by atoms with Gasteiger partial charge in [0.15, 0.2) is 0 Å². The summed E-state index contributed by atoms with van der Waals surface area (Å²) in [7, 11) is 0. The van der Waals surface area contributed by atoms with Crippen LogP contribution in [-0.2, 0) is 0 Å². The molecule has 0 amide bonds. The van der Waals surface area contributed by atoms with Gasteiger partial charge in [-0.2, -0.15) is 5.10 Å². The molecule has 1 fully saturated rings. The van der Waals surface area contributed by atoms with Gasteiger partial charge in [-0.1, -0.05) is 67.2 Å². The molecule has 0 aliphatic carbocycles.